The third kappa shape index (κ3) is 4.56. The minimum absolute atomic E-state index is 0.0544. The van der Waals surface area contributed by atoms with Crippen molar-refractivity contribution in [1.82, 2.24) is 14.8 Å². The Morgan fingerprint density at radius 3 is 2.55 bits per heavy atom. The van der Waals surface area contributed by atoms with Gasteiger partial charge in [0.05, 0.1) is 20.6 Å². The number of hydrogen-bond donors (Lipinski definition) is 0. The zero-order chi connectivity index (χ0) is 23.2. The van der Waals surface area contributed by atoms with Crippen LogP contribution in [0.2, 0.25) is 0 Å². The van der Waals surface area contributed by atoms with Crippen LogP contribution in [0.4, 0.5) is 0 Å². The smallest absolute Gasteiger partial charge is 0.223 e. The van der Waals surface area contributed by atoms with Crippen molar-refractivity contribution in [2.75, 3.05) is 25.9 Å². The Labute approximate surface area is 199 Å². The van der Waals surface area contributed by atoms with Gasteiger partial charge in [-0.2, -0.15) is 0 Å². The lowest BCUT2D eigenvalue weighted by Gasteiger charge is -2.41. The molecular weight excluding hydrogens is 454 g/mol. The maximum atomic E-state index is 12.8. The van der Waals surface area contributed by atoms with Gasteiger partial charge in [-0.3, -0.25) is 9.69 Å². The van der Waals surface area contributed by atoms with Gasteiger partial charge < -0.3 is 4.90 Å². The summed E-state index contributed by atoms with van der Waals surface area (Å²) in [5.41, 5.74) is 5.28. The number of thiazole rings is 1. The molecule has 0 unspecified atom stereocenters. The number of sulfone groups is 1. The predicted molar refractivity (Wildman–Crippen MR) is 131 cm³/mol. The van der Waals surface area contributed by atoms with Crippen LogP contribution in [-0.4, -0.2) is 55.0 Å². The van der Waals surface area contributed by atoms with E-state index in [1.54, 1.807) is 23.5 Å². The molecule has 2 aromatic carbocycles. The molecule has 1 aromatic heterocycles. The fourth-order valence-corrected chi connectivity index (χ4v) is 6.54. The average Bonchev–Trinajstić information content (AvgIpc) is 3.37. The molecule has 3 aromatic rings. The van der Waals surface area contributed by atoms with Crippen molar-refractivity contribution in [2.45, 2.75) is 43.7 Å². The topological polar surface area (TPSA) is 70.6 Å². The number of carbonyl (C=O) groups is 1. The Hall–Kier alpha value is -2.29. The predicted octanol–water partition coefficient (Wildman–Crippen LogP) is 4.28. The number of aromatic nitrogens is 1. The second kappa shape index (κ2) is 8.49. The lowest BCUT2D eigenvalue weighted by molar-refractivity contribution is -0.128. The summed E-state index contributed by atoms with van der Waals surface area (Å²) in [5, 5.41) is 0. The Morgan fingerprint density at radius 1 is 1.12 bits per heavy atom. The molecule has 2 aliphatic heterocycles. The summed E-state index contributed by atoms with van der Waals surface area (Å²) in [4.78, 5) is 22.1. The van der Waals surface area contributed by atoms with Crippen molar-refractivity contribution in [2.24, 2.45) is 5.41 Å². The van der Waals surface area contributed by atoms with E-state index in [1.807, 2.05) is 22.5 Å². The molecule has 0 N–H and O–H groups in total. The van der Waals surface area contributed by atoms with E-state index in [0.717, 1.165) is 43.6 Å². The zero-order valence-corrected chi connectivity index (χ0v) is 20.7. The molecule has 0 saturated carbocycles. The van der Waals surface area contributed by atoms with Crippen LogP contribution in [0.25, 0.3) is 10.2 Å². The van der Waals surface area contributed by atoms with Crippen LogP contribution in [0.1, 0.15) is 43.4 Å². The summed E-state index contributed by atoms with van der Waals surface area (Å²) in [6.07, 6.45) is 3.86. The molecule has 1 atom stereocenters. The lowest BCUT2D eigenvalue weighted by atomic mass is 9.77. The van der Waals surface area contributed by atoms with Crippen molar-refractivity contribution < 1.29 is 13.2 Å². The second-order valence-corrected chi connectivity index (χ2v) is 12.5. The number of hydrogen-bond acceptors (Lipinski definition) is 6. The number of amides is 1. The molecule has 2 saturated heterocycles. The quantitative estimate of drug-likeness (QED) is 0.542. The van der Waals surface area contributed by atoms with Gasteiger partial charge in [-0.25, -0.2) is 13.4 Å². The zero-order valence-electron chi connectivity index (χ0n) is 19.0. The van der Waals surface area contributed by atoms with Crippen molar-refractivity contribution in [3.8, 4) is 0 Å². The number of likely N-dealkylation sites (tertiary alicyclic amines) is 2. The van der Waals surface area contributed by atoms with Gasteiger partial charge in [0.2, 0.25) is 5.91 Å². The molecule has 0 aliphatic carbocycles. The number of piperidine rings is 1. The van der Waals surface area contributed by atoms with E-state index in [4.69, 9.17) is 0 Å². The first-order chi connectivity index (χ1) is 15.7. The molecule has 174 valence electrons. The summed E-state index contributed by atoms with van der Waals surface area (Å²) in [7, 11) is -3.21. The molecule has 2 aliphatic rings. The van der Waals surface area contributed by atoms with Gasteiger partial charge in [0.25, 0.3) is 0 Å². The monoisotopic (exact) mass is 483 g/mol. The molecule has 33 heavy (non-hydrogen) atoms. The normalized spacial score (nSPS) is 20.1. The molecule has 5 rings (SSSR count). The summed E-state index contributed by atoms with van der Waals surface area (Å²) in [5.74, 6) is 0.206. The van der Waals surface area contributed by atoms with Gasteiger partial charge in [0.1, 0.15) is 0 Å². The molecule has 6 nitrogen and oxygen atoms in total. The van der Waals surface area contributed by atoms with E-state index in [0.29, 0.717) is 23.9 Å². The lowest BCUT2D eigenvalue weighted by Crippen LogP contribution is -2.42. The second-order valence-electron chi connectivity index (χ2n) is 9.63. The largest absolute Gasteiger partial charge is 0.338 e. The molecular formula is C25H29N3O3S2. The number of nitrogens with zero attached hydrogens (tertiary/aromatic N) is 3. The van der Waals surface area contributed by atoms with Crippen LogP contribution in [0.15, 0.2) is 52.9 Å². The van der Waals surface area contributed by atoms with Crippen molar-refractivity contribution in [3.63, 3.8) is 0 Å². The standard InChI is InChI=1S/C25H29N3O3S2/c1-18(20-5-8-23-22(13-20)26-17-32-23)27-11-9-25(10-12-27)14-24(29)28(16-25)15-19-3-6-21(7-4-19)33(2,30)31/h3-8,13,17-18H,9-12,14-16H2,1-2H3/t18-/m0/s1. The highest BCUT2D eigenvalue weighted by atomic mass is 32.2. The van der Waals surface area contributed by atoms with E-state index in [2.05, 4.69) is 35.0 Å². The van der Waals surface area contributed by atoms with Crippen LogP contribution in [0.3, 0.4) is 0 Å². The van der Waals surface area contributed by atoms with Gasteiger partial charge in [-0.1, -0.05) is 18.2 Å². The van der Waals surface area contributed by atoms with Crippen LogP contribution in [-0.2, 0) is 21.2 Å². The van der Waals surface area contributed by atoms with Crippen LogP contribution >= 0.6 is 11.3 Å². The van der Waals surface area contributed by atoms with Gasteiger partial charge in [-0.05, 0) is 73.7 Å². The maximum Gasteiger partial charge on any atom is 0.223 e. The first-order valence-corrected chi connectivity index (χ1v) is 14.1. The number of rotatable bonds is 5. The Kier molecular flexibility index (Phi) is 5.79. The Bertz CT molecular complexity index is 1280. The van der Waals surface area contributed by atoms with Gasteiger partial charge in [0.15, 0.2) is 9.84 Å². The summed E-state index contributed by atoms with van der Waals surface area (Å²) < 4.78 is 24.6. The van der Waals surface area contributed by atoms with Crippen molar-refractivity contribution >= 4 is 37.3 Å². The van der Waals surface area contributed by atoms with Gasteiger partial charge in [-0.15, -0.1) is 11.3 Å². The minimum Gasteiger partial charge on any atom is -0.338 e. The maximum absolute atomic E-state index is 12.8. The molecule has 2 fully saturated rings. The van der Waals surface area contributed by atoms with Crippen LogP contribution in [0, 0.1) is 5.41 Å². The van der Waals surface area contributed by atoms with Crippen LogP contribution in [0.5, 0.6) is 0 Å². The number of fused-ring (bicyclic) bond motifs is 1. The van der Waals surface area contributed by atoms with Gasteiger partial charge in [0, 0.05) is 31.8 Å². The third-order valence-electron chi connectivity index (χ3n) is 7.37. The Balaban J connectivity index is 1.21. The minimum atomic E-state index is -3.21. The third-order valence-corrected chi connectivity index (χ3v) is 9.31. The highest BCUT2D eigenvalue weighted by molar-refractivity contribution is 7.90. The van der Waals surface area contributed by atoms with E-state index >= 15 is 0 Å². The average molecular weight is 484 g/mol. The number of benzene rings is 2. The van der Waals surface area contributed by atoms with E-state index in [-0.39, 0.29) is 11.3 Å². The fourth-order valence-electron chi connectivity index (χ4n) is 5.25. The fraction of sp³-hybridized carbons (Fsp3) is 0.440. The summed E-state index contributed by atoms with van der Waals surface area (Å²) >= 11 is 1.67. The van der Waals surface area contributed by atoms with Gasteiger partial charge >= 0.3 is 0 Å². The molecule has 0 radical (unpaired) electrons. The van der Waals surface area contributed by atoms with E-state index in [9.17, 15) is 13.2 Å². The molecule has 1 amide bonds. The molecule has 3 heterocycles. The van der Waals surface area contributed by atoms with Crippen LogP contribution < -0.4 is 0 Å². The summed E-state index contributed by atoms with van der Waals surface area (Å²) in [6, 6.07) is 13.8. The van der Waals surface area contributed by atoms with E-state index in [1.165, 1.54) is 16.5 Å². The molecule has 8 heteroatoms. The SMILES string of the molecule is C[C@@H](c1ccc2scnc2c1)N1CCC2(CC1)CC(=O)N(Cc1ccc(S(C)(=O)=O)cc1)C2. The number of carbonyl (C=O) groups excluding carboxylic acids is 1. The van der Waals surface area contributed by atoms with Crippen molar-refractivity contribution in [1.29, 1.82) is 0 Å². The molecule has 1 spiro atoms. The Morgan fingerprint density at radius 2 is 1.85 bits per heavy atom. The van der Waals surface area contributed by atoms with E-state index < -0.39 is 9.84 Å². The highest BCUT2D eigenvalue weighted by Gasteiger charge is 2.45. The summed E-state index contributed by atoms with van der Waals surface area (Å²) in [6.45, 7) is 5.56. The van der Waals surface area contributed by atoms with Crippen molar-refractivity contribution in [3.05, 3.63) is 59.1 Å². The highest BCUT2D eigenvalue weighted by Crippen LogP contribution is 2.43. The first-order valence-electron chi connectivity index (χ1n) is 11.4. The first kappa shape index (κ1) is 22.5. The molecule has 0 bridgehead atoms.